The summed E-state index contributed by atoms with van der Waals surface area (Å²) >= 11 is 0. The van der Waals surface area contributed by atoms with Gasteiger partial charge in [0.1, 0.15) is 0 Å². The van der Waals surface area contributed by atoms with Crippen LogP contribution in [0.1, 0.15) is 30.6 Å². The minimum atomic E-state index is 0.120. The summed E-state index contributed by atoms with van der Waals surface area (Å²) in [4.78, 5) is 27.8. The number of likely N-dealkylation sites (N-methyl/N-ethyl adjacent to an activating group) is 1. The van der Waals surface area contributed by atoms with Gasteiger partial charge in [0.15, 0.2) is 5.78 Å². The fourth-order valence-electron chi connectivity index (χ4n) is 2.48. The van der Waals surface area contributed by atoms with E-state index < -0.39 is 0 Å². The highest BCUT2D eigenvalue weighted by molar-refractivity contribution is 6.03. The van der Waals surface area contributed by atoms with E-state index in [1.165, 1.54) is 0 Å². The Balaban J connectivity index is 2.17. The quantitative estimate of drug-likeness (QED) is 0.830. The van der Waals surface area contributed by atoms with Gasteiger partial charge in [-0.25, -0.2) is 0 Å². The van der Waals surface area contributed by atoms with Crippen molar-refractivity contribution in [3.05, 3.63) is 29.8 Å². The third-order valence-corrected chi connectivity index (χ3v) is 3.60. The molecule has 0 aliphatic carbocycles. The zero-order chi connectivity index (χ0) is 13.8. The summed E-state index contributed by atoms with van der Waals surface area (Å²) in [6, 6.07) is 7.53. The van der Waals surface area contributed by atoms with Gasteiger partial charge < -0.3 is 9.80 Å². The van der Waals surface area contributed by atoms with Crippen LogP contribution in [0.5, 0.6) is 0 Å². The number of ketones is 1. The molecule has 0 spiro atoms. The molecule has 0 bridgehead atoms. The molecule has 102 valence electrons. The van der Waals surface area contributed by atoms with Crippen LogP contribution in [0.2, 0.25) is 0 Å². The molecule has 19 heavy (non-hydrogen) atoms. The third kappa shape index (κ3) is 2.78. The molecule has 1 amide bonds. The van der Waals surface area contributed by atoms with Crippen LogP contribution >= 0.6 is 0 Å². The number of carbonyl (C=O) groups is 2. The summed E-state index contributed by atoms with van der Waals surface area (Å²) in [5.74, 6) is 0.288. The number of benzene rings is 1. The van der Waals surface area contributed by atoms with Gasteiger partial charge in [-0.05, 0) is 26.0 Å². The first-order chi connectivity index (χ1) is 9.17. The van der Waals surface area contributed by atoms with Gasteiger partial charge >= 0.3 is 0 Å². The van der Waals surface area contributed by atoms with Crippen LogP contribution in [0.25, 0.3) is 0 Å². The first kappa shape index (κ1) is 13.6. The molecular weight excluding hydrogens is 240 g/mol. The predicted octanol–water partition coefficient (Wildman–Crippen LogP) is 1.95. The first-order valence-corrected chi connectivity index (χ1v) is 6.82. The van der Waals surface area contributed by atoms with Gasteiger partial charge in [-0.3, -0.25) is 9.59 Å². The van der Waals surface area contributed by atoms with E-state index in [0.717, 1.165) is 24.3 Å². The Bertz CT molecular complexity index is 481. The van der Waals surface area contributed by atoms with Gasteiger partial charge in [0, 0.05) is 37.3 Å². The summed E-state index contributed by atoms with van der Waals surface area (Å²) in [5, 5.41) is 0. The lowest BCUT2D eigenvalue weighted by Gasteiger charge is -2.31. The maximum Gasteiger partial charge on any atom is 0.242 e. The monoisotopic (exact) mass is 260 g/mol. The van der Waals surface area contributed by atoms with E-state index in [-0.39, 0.29) is 11.7 Å². The zero-order valence-corrected chi connectivity index (χ0v) is 11.6. The largest absolute Gasteiger partial charge is 0.361 e. The molecule has 0 saturated heterocycles. The smallest absolute Gasteiger partial charge is 0.242 e. The zero-order valence-electron chi connectivity index (χ0n) is 11.6. The molecule has 1 aliphatic heterocycles. The van der Waals surface area contributed by atoms with Crippen LogP contribution in [0, 0.1) is 0 Å². The normalized spacial score (nSPS) is 14.2. The first-order valence-electron chi connectivity index (χ1n) is 6.82. The molecule has 0 fully saturated rings. The van der Waals surface area contributed by atoms with Crippen molar-refractivity contribution in [1.29, 1.82) is 0 Å². The number of hydrogen-bond donors (Lipinski definition) is 0. The molecule has 1 aromatic rings. The molecule has 0 saturated carbocycles. The van der Waals surface area contributed by atoms with E-state index in [9.17, 15) is 9.59 Å². The second kappa shape index (κ2) is 5.87. The van der Waals surface area contributed by atoms with Crippen molar-refractivity contribution in [1.82, 2.24) is 4.90 Å². The number of amides is 1. The predicted molar refractivity (Wildman–Crippen MR) is 75.5 cm³/mol. The maximum atomic E-state index is 12.2. The van der Waals surface area contributed by atoms with Gasteiger partial charge in [-0.2, -0.15) is 0 Å². The molecule has 2 rings (SSSR count). The molecular formula is C15H20N2O2. The SMILES string of the molecule is CCN(CC)C(=O)CN1CCC(=O)c2ccccc21. The molecule has 0 N–H and O–H groups in total. The van der Waals surface area contributed by atoms with E-state index in [4.69, 9.17) is 0 Å². The molecule has 1 aliphatic rings. The lowest BCUT2D eigenvalue weighted by atomic mass is 10.0. The molecule has 1 aromatic carbocycles. The number of Topliss-reactive ketones (excluding diaryl/α,β-unsaturated/α-hetero) is 1. The number of nitrogens with zero attached hydrogens (tertiary/aromatic N) is 2. The van der Waals surface area contributed by atoms with E-state index >= 15 is 0 Å². The second-order valence-corrected chi connectivity index (χ2v) is 4.68. The average Bonchev–Trinajstić information content (AvgIpc) is 2.44. The summed E-state index contributed by atoms with van der Waals surface area (Å²) in [6.07, 6.45) is 0.489. The number of hydrogen-bond acceptors (Lipinski definition) is 3. The highest BCUT2D eigenvalue weighted by Gasteiger charge is 2.24. The van der Waals surface area contributed by atoms with E-state index in [2.05, 4.69) is 0 Å². The molecule has 4 nitrogen and oxygen atoms in total. The molecule has 1 heterocycles. The number of carbonyl (C=O) groups excluding carboxylic acids is 2. The highest BCUT2D eigenvalue weighted by atomic mass is 16.2. The average molecular weight is 260 g/mol. The minimum Gasteiger partial charge on any atom is -0.361 e. The molecule has 0 radical (unpaired) electrons. The lowest BCUT2D eigenvalue weighted by molar-refractivity contribution is -0.129. The van der Waals surface area contributed by atoms with Crippen molar-refractivity contribution >= 4 is 17.4 Å². The van der Waals surface area contributed by atoms with Gasteiger partial charge in [0.05, 0.1) is 6.54 Å². The Morgan fingerprint density at radius 2 is 1.95 bits per heavy atom. The van der Waals surface area contributed by atoms with E-state index in [1.807, 2.05) is 47.9 Å². The Morgan fingerprint density at radius 1 is 1.26 bits per heavy atom. The Labute approximate surface area is 114 Å². The van der Waals surface area contributed by atoms with Gasteiger partial charge in [-0.1, -0.05) is 12.1 Å². The fourth-order valence-corrected chi connectivity index (χ4v) is 2.48. The number of anilines is 1. The van der Waals surface area contributed by atoms with Crippen LogP contribution in [0.4, 0.5) is 5.69 Å². The Kier molecular flexibility index (Phi) is 4.20. The Hall–Kier alpha value is -1.84. The van der Waals surface area contributed by atoms with Crippen LogP contribution in [0.15, 0.2) is 24.3 Å². The van der Waals surface area contributed by atoms with Crippen molar-refractivity contribution in [2.75, 3.05) is 31.1 Å². The van der Waals surface area contributed by atoms with Crippen molar-refractivity contribution < 1.29 is 9.59 Å². The standard InChI is InChI=1S/C15H20N2O2/c1-3-16(4-2)15(19)11-17-10-9-14(18)12-7-5-6-8-13(12)17/h5-8H,3-4,9-11H2,1-2H3. The van der Waals surface area contributed by atoms with Crippen LogP contribution in [0.3, 0.4) is 0 Å². The summed E-state index contributed by atoms with van der Waals surface area (Å²) in [7, 11) is 0. The van der Waals surface area contributed by atoms with Gasteiger partial charge in [0.25, 0.3) is 0 Å². The molecule has 0 unspecified atom stereocenters. The van der Waals surface area contributed by atoms with Crippen molar-refractivity contribution in [3.8, 4) is 0 Å². The topological polar surface area (TPSA) is 40.6 Å². The van der Waals surface area contributed by atoms with E-state index in [0.29, 0.717) is 19.5 Å². The highest BCUT2D eigenvalue weighted by Crippen LogP contribution is 2.26. The van der Waals surface area contributed by atoms with Crippen molar-refractivity contribution in [3.63, 3.8) is 0 Å². The maximum absolute atomic E-state index is 12.2. The van der Waals surface area contributed by atoms with Crippen molar-refractivity contribution in [2.24, 2.45) is 0 Å². The molecule has 0 aromatic heterocycles. The van der Waals surface area contributed by atoms with Crippen molar-refractivity contribution in [2.45, 2.75) is 20.3 Å². The van der Waals surface area contributed by atoms with Gasteiger partial charge in [-0.15, -0.1) is 0 Å². The lowest BCUT2D eigenvalue weighted by Crippen LogP contribution is -2.42. The summed E-state index contributed by atoms with van der Waals surface area (Å²) in [6.45, 7) is 6.40. The number of para-hydroxylation sites is 1. The van der Waals surface area contributed by atoms with E-state index in [1.54, 1.807) is 0 Å². The molecule has 4 heteroatoms. The molecule has 0 atom stereocenters. The number of fused-ring (bicyclic) bond motifs is 1. The summed E-state index contributed by atoms with van der Waals surface area (Å²) < 4.78 is 0. The minimum absolute atomic E-state index is 0.120. The summed E-state index contributed by atoms with van der Waals surface area (Å²) in [5.41, 5.74) is 1.63. The fraction of sp³-hybridized carbons (Fsp3) is 0.467. The van der Waals surface area contributed by atoms with Crippen LogP contribution < -0.4 is 4.90 Å². The second-order valence-electron chi connectivity index (χ2n) is 4.68. The van der Waals surface area contributed by atoms with Crippen LogP contribution in [-0.4, -0.2) is 42.8 Å². The van der Waals surface area contributed by atoms with Gasteiger partial charge in [0.2, 0.25) is 5.91 Å². The third-order valence-electron chi connectivity index (χ3n) is 3.60. The van der Waals surface area contributed by atoms with Crippen LogP contribution in [-0.2, 0) is 4.79 Å². The Morgan fingerprint density at radius 3 is 2.63 bits per heavy atom. The number of rotatable bonds is 4.